The van der Waals surface area contributed by atoms with Gasteiger partial charge in [-0.05, 0) is 108 Å². The molecular weight excluding hydrogens is 545 g/mol. The number of carbonyl (C=O) groups is 1. The quantitative estimate of drug-likeness (QED) is 0.221. The summed E-state index contributed by atoms with van der Waals surface area (Å²) in [6.45, 7) is 4.12. The molecule has 0 unspecified atom stereocenters. The molecule has 3 aromatic carbocycles. The minimum atomic E-state index is -0.374. The normalized spacial score (nSPS) is 10.8. The maximum atomic E-state index is 12.5. The van der Waals surface area contributed by atoms with E-state index in [1.807, 2.05) is 36.4 Å². The van der Waals surface area contributed by atoms with Crippen molar-refractivity contribution in [3.8, 4) is 11.5 Å². The average molecular weight is 562 g/mol. The van der Waals surface area contributed by atoms with Crippen molar-refractivity contribution in [2.24, 2.45) is 0 Å². The average Bonchev–Trinajstić information content (AvgIpc) is 3.15. The fourth-order valence-corrected chi connectivity index (χ4v) is 3.91. The first-order valence-electron chi connectivity index (χ1n) is 9.36. The van der Waals surface area contributed by atoms with Crippen LogP contribution in [0.4, 0.5) is 5.69 Å². The van der Waals surface area contributed by atoms with Gasteiger partial charge in [0, 0.05) is 14.8 Å². The number of benzene rings is 3. The molecule has 4 aromatic rings. The number of hydrogen-bond acceptors (Lipinski definition) is 4. The van der Waals surface area contributed by atoms with Gasteiger partial charge in [-0.25, -0.2) is 4.98 Å². The van der Waals surface area contributed by atoms with E-state index in [9.17, 15) is 4.79 Å². The topological polar surface area (TPSA) is 67.2 Å². The highest BCUT2D eigenvalue weighted by Gasteiger charge is 2.14. The van der Waals surface area contributed by atoms with E-state index in [2.05, 4.69) is 58.1 Å². The molecule has 8 heteroatoms. The van der Waals surface area contributed by atoms with Crippen molar-refractivity contribution in [3.05, 3.63) is 79.9 Å². The first kappa shape index (κ1) is 21.7. The second-order valence-corrected chi connectivity index (χ2v) is 9.09. The second kappa shape index (κ2) is 8.94. The van der Waals surface area contributed by atoms with Crippen molar-refractivity contribution in [1.82, 2.24) is 10.3 Å². The van der Waals surface area contributed by atoms with Gasteiger partial charge in [-0.15, -0.1) is 0 Å². The molecule has 0 radical (unpaired) electrons. The van der Waals surface area contributed by atoms with E-state index in [1.165, 1.54) is 11.1 Å². The van der Waals surface area contributed by atoms with Crippen LogP contribution < -0.4 is 10.6 Å². The molecule has 0 aliphatic carbocycles. The van der Waals surface area contributed by atoms with E-state index in [0.717, 1.165) is 9.13 Å². The number of nitrogens with zero attached hydrogens (tertiary/aromatic N) is 1. The smallest absolute Gasteiger partial charge is 0.258 e. The lowest BCUT2D eigenvalue weighted by molar-refractivity contribution is 0.0978. The molecule has 0 aliphatic heterocycles. The monoisotopic (exact) mass is 561 g/mol. The highest BCUT2D eigenvalue weighted by atomic mass is 127. The number of fused-ring (bicyclic) bond motifs is 1. The number of amides is 1. The van der Waals surface area contributed by atoms with Crippen LogP contribution in [0.2, 0.25) is 5.02 Å². The molecule has 5 nitrogen and oxygen atoms in total. The van der Waals surface area contributed by atoms with Crippen LogP contribution in [-0.2, 0) is 0 Å². The maximum Gasteiger partial charge on any atom is 0.258 e. The third kappa shape index (κ3) is 4.89. The van der Waals surface area contributed by atoms with Crippen molar-refractivity contribution < 1.29 is 9.21 Å². The summed E-state index contributed by atoms with van der Waals surface area (Å²) in [7, 11) is 0. The first-order valence-corrected chi connectivity index (χ1v) is 11.2. The van der Waals surface area contributed by atoms with Gasteiger partial charge in [0.1, 0.15) is 5.52 Å². The Kier molecular flexibility index (Phi) is 6.27. The summed E-state index contributed by atoms with van der Waals surface area (Å²) in [6, 6.07) is 16.8. The molecule has 1 aromatic heterocycles. The molecule has 0 aliphatic rings. The Morgan fingerprint density at radius 2 is 1.87 bits per heavy atom. The minimum Gasteiger partial charge on any atom is -0.436 e. The van der Waals surface area contributed by atoms with Gasteiger partial charge in [-0.1, -0.05) is 17.7 Å². The SMILES string of the molecule is Cc1ccc(-c2nc3cc(NC(=S)NC(=O)c4cc(I)ccc4Cl)ccc3o2)cc1C. The molecule has 1 heterocycles. The number of rotatable bonds is 3. The van der Waals surface area contributed by atoms with Crippen LogP contribution in [0.1, 0.15) is 21.5 Å². The van der Waals surface area contributed by atoms with Crippen molar-refractivity contribution in [3.63, 3.8) is 0 Å². The Hall–Kier alpha value is -2.49. The number of thiocarbonyl (C=S) groups is 1. The lowest BCUT2D eigenvalue weighted by atomic mass is 10.1. The van der Waals surface area contributed by atoms with Gasteiger partial charge in [0.15, 0.2) is 10.7 Å². The molecule has 0 spiro atoms. The number of nitrogens with one attached hydrogen (secondary N) is 2. The van der Waals surface area contributed by atoms with Crippen LogP contribution in [-0.4, -0.2) is 16.0 Å². The van der Waals surface area contributed by atoms with Crippen molar-refractivity contribution >= 4 is 74.2 Å². The van der Waals surface area contributed by atoms with E-state index in [-0.39, 0.29) is 11.0 Å². The molecule has 0 saturated carbocycles. The molecule has 0 saturated heterocycles. The first-order chi connectivity index (χ1) is 14.8. The Bertz CT molecular complexity index is 1340. The molecule has 1 amide bonds. The second-order valence-electron chi connectivity index (χ2n) is 7.03. The molecule has 0 fully saturated rings. The lowest BCUT2D eigenvalue weighted by Crippen LogP contribution is -2.34. The fourth-order valence-electron chi connectivity index (χ4n) is 3.01. The number of aromatic nitrogens is 1. The summed E-state index contributed by atoms with van der Waals surface area (Å²) in [5, 5.41) is 6.19. The van der Waals surface area contributed by atoms with Crippen LogP contribution >= 0.6 is 46.4 Å². The number of aryl methyl sites for hydroxylation is 2. The largest absolute Gasteiger partial charge is 0.436 e. The lowest BCUT2D eigenvalue weighted by Gasteiger charge is -2.10. The Balaban J connectivity index is 1.50. The zero-order valence-electron chi connectivity index (χ0n) is 16.6. The molecule has 0 atom stereocenters. The molecule has 4 rings (SSSR count). The van der Waals surface area contributed by atoms with Gasteiger partial charge in [-0.2, -0.15) is 0 Å². The summed E-state index contributed by atoms with van der Waals surface area (Å²) in [5.41, 5.74) is 5.72. The maximum absolute atomic E-state index is 12.5. The van der Waals surface area contributed by atoms with E-state index in [4.69, 9.17) is 28.2 Å². The predicted octanol–water partition coefficient (Wildman–Crippen LogP) is 6.50. The zero-order valence-corrected chi connectivity index (χ0v) is 20.4. The zero-order chi connectivity index (χ0) is 22.1. The van der Waals surface area contributed by atoms with E-state index >= 15 is 0 Å². The Morgan fingerprint density at radius 1 is 1.06 bits per heavy atom. The summed E-state index contributed by atoms with van der Waals surface area (Å²) < 4.78 is 6.80. The Labute approximate surface area is 203 Å². The van der Waals surface area contributed by atoms with Crippen molar-refractivity contribution in [1.29, 1.82) is 0 Å². The summed E-state index contributed by atoms with van der Waals surface area (Å²) >= 11 is 13.5. The van der Waals surface area contributed by atoms with Crippen LogP contribution in [0.3, 0.4) is 0 Å². The fraction of sp³-hybridized carbons (Fsp3) is 0.0870. The molecule has 31 heavy (non-hydrogen) atoms. The van der Waals surface area contributed by atoms with Gasteiger partial charge in [-0.3, -0.25) is 10.1 Å². The molecular formula is C23H17ClIN3O2S. The number of hydrogen-bond donors (Lipinski definition) is 2. The van der Waals surface area contributed by atoms with Crippen LogP contribution in [0.25, 0.3) is 22.6 Å². The highest BCUT2D eigenvalue weighted by Crippen LogP contribution is 2.27. The summed E-state index contributed by atoms with van der Waals surface area (Å²) in [5.74, 6) is 0.181. The minimum absolute atomic E-state index is 0.164. The Morgan fingerprint density at radius 3 is 2.65 bits per heavy atom. The molecule has 156 valence electrons. The van der Waals surface area contributed by atoms with Gasteiger partial charge in [0.2, 0.25) is 5.89 Å². The van der Waals surface area contributed by atoms with Crippen LogP contribution in [0, 0.1) is 17.4 Å². The number of oxazole rings is 1. The van der Waals surface area contributed by atoms with Gasteiger partial charge < -0.3 is 9.73 Å². The highest BCUT2D eigenvalue weighted by molar-refractivity contribution is 14.1. The number of carbonyl (C=O) groups excluding carboxylic acids is 1. The number of anilines is 1. The van der Waals surface area contributed by atoms with Crippen LogP contribution in [0.15, 0.2) is 59.0 Å². The molecule has 0 bridgehead atoms. The summed E-state index contributed by atoms with van der Waals surface area (Å²) in [6.07, 6.45) is 0. The van der Waals surface area contributed by atoms with E-state index < -0.39 is 0 Å². The third-order valence-electron chi connectivity index (χ3n) is 4.80. The predicted molar refractivity (Wildman–Crippen MR) is 137 cm³/mol. The number of halogens is 2. The van der Waals surface area contributed by atoms with Gasteiger partial charge in [0.05, 0.1) is 10.6 Å². The van der Waals surface area contributed by atoms with Crippen LogP contribution in [0.5, 0.6) is 0 Å². The molecule has 2 N–H and O–H groups in total. The van der Waals surface area contributed by atoms with Gasteiger partial charge >= 0.3 is 0 Å². The van der Waals surface area contributed by atoms with E-state index in [1.54, 1.807) is 12.1 Å². The standard InChI is InChI=1S/C23H17ClIN3O2S/c1-12-3-4-14(9-13(12)2)22-27-19-11-16(6-8-20(19)30-22)26-23(31)28-21(29)17-10-15(25)5-7-18(17)24/h3-11H,1-2H3,(H2,26,28,29,31). The van der Waals surface area contributed by atoms with Gasteiger partial charge in [0.25, 0.3) is 5.91 Å². The third-order valence-corrected chi connectivity index (χ3v) is 6.00. The van der Waals surface area contributed by atoms with Crippen molar-refractivity contribution in [2.75, 3.05) is 5.32 Å². The van der Waals surface area contributed by atoms with E-state index in [0.29, 0.717) is 33.3 Å². The summed E-state index contributed by atoms with van der Waals surface area (Å²) in [4.78, 5) is 17.1. The van der Waals surface area contributed by atoms with Crippen molar-refractivity contribution in [2.45, 2.75) is 13.8 Å².